The maximum absolute atomic E-state index is 13.2. The van der Waals surface area contributed by atoms with Crippen LogP contribution in [0.1, 0.15) is 28.4 Å². The lowest BCUT2D eigenvalue weighted by atomic mass is 10.1. The van der Waals surface area contributed by atoms with Crippen LogP contribution in [0.5, 0.6) is 11.5 Å². The second-order valence-corrected chi connectivity index (χ2v) is 11.9. The standard InChI is InChI=1S/C35H39N5O4S/c1-25(41)39-17-19-40(20-18-39)34(42)29-12-8-9-27(21-29)24-45-35-36-30(28-10-6-5-7-11-28)23-33(37-35)38(2)16-15-26-13-14-31(43-3)32(22-26)44-4/h5-14,21-23H,15-20,24H2,1-4H3. The van der Waals surface area contributed by atoms with E-state index in [1.165, 1.54) is 0 Å². The molecule has 0 radical (unpaired) electrons. The third-order valence-electron chi connectivity index (χ3n) is 7.89. The van der Waals surface area contributed by atoms with E-state index in [4.69, 9.17) is 19.4 Å². The Labute approximate surface area is 269 Å². The second kappa shape index (κ2) is 14.9. The second-order valence-electron chi connectivity index (χ2n) is 10.9. The molecule has 1 fully saturated rings. The number of hydrogen-bond donors (Lipinski definition) is 0. The normalized spacial score (nSPS) is 13.0. The van der Waals surface area contributed by atoms with Gasteiger partial charge in [-0.15, -0.1) is 0 Å². The molecule has 5 rings (SSSR count). The molecular weight excluding hydrogens is 586 g/mol. The van der Waals surface area contributed by atoms with Gasteiger partial charge in [-0.05, 0) is 41.8 Å². The molecule has 45 heavy (non-hydrogen) atoms. The fourth-order valence-corrected chi connectivity index (χ4v) is 6.02. The number of piperazine rings is 1. The molecular formula is C35H39N5O4S. The lowest BCUT2D eigenvalue weighted by Crippen LogP contribution is -2.50. The summed E-state index contributed by atoms with van der Waals surface area (Å²) in [6.07, 6.45) is 0.800. The first-order chi connectivity index (χ1) is 21.8. The van der Waals surface area contributed by atoms with E-state index in [9.17, 15) is 9.59 Å². The molecule has 0 N–H and O–H groups in total. The molecule has 4 aromatic rings. The molecule has 1 aliphatic rings. The Morgan fingerprint density at radius 2 is 1.56 bits per heavy atom. The number of rotatable bonds is 11. The van der Waals surface area contributed by atoms with E-state index in [2.05, 4.69) is 23.1 Å². The molecule has 3 aromatic carbocycles. The molecule has 1 aromatic heterocycles. The van der Waals surface area contributed by atoms with Gasteiger partial charge in [-0.25, -0.2) is 9.97 Å². The molecule has 234 valence electrons. The molecule has 0 saturated carbocycles. The molecule has 2 amide bonds. The summed E-state index contributed by atoms with van der Waals surface area (Å²) in [6, 6.07) is 25.9. The zero-order valence-electron chi connectivity index (χ0n) is 26.2. The zero-order chi connectivity index (χ0) is 31.8. The fourth-order valence-electron chi connectivity index (χ4n) is 5.23. The van der Waals surface area contributed by atoms with Crippen LogP contribution in [0.2, 0.25) is 0 Å². The van der Waals surface area contributed by atoms with Crippen molar-refractivity contribution in [3.63, 3.8) is 0 Å². The fraction of sp³-hybridized carbons (Fsp3) is 0.314. The van der Waals surface area contributed by atoms with Gasteiger partial charge in [-0.3, -0.25) is 9.59 Å². The van der Waals surface area contributed by atoms with E-state index in [0.717, 1.165) is 41.2 Å². The molecule has 0 aliphatic carbocycles. The van der Waals surface area contributed by atoms with Crippen LogP contribution in [0.15, 0.2) is 84.0 Å². The highest BCUT2D eigenvalue weighted by molar-refractivity contribution is 7.98. The zero-order valence-corrected chi connectivity index (χ0v) is 27.0. The van der Waals surface area contributed by atoms with Gasteiger partial charge >= 0.3 is 0 Å². The number of amides is 2. The Bertz CT molecular complexity index is 1630. The summed E-state index contributed by atoms with van der Waals surface area (Å²) in [5.74, 6) is 2.91. The molecule has 1 aliphatic heterocycles. The largest absolute Gasteiger partial charge is 0.493 e. The van der Waals surface area contributed by atoms with Crippen molar-refractivity contribution in [3.05, 3.63) is 95.6 Å². The van der Waals surface area contributed by atoms with Crippen LogP contribution in [-0.2, 0) is 17.0 Å². The molecule has 2 heterocycles. The van der Waals surface area contributed by atoms with Gasteiger partial charge in [-0.2, -0.15) is 0 Å². The van der Waals surface area contributed by atoms with Gasteiger partial charge in [0.05, 0.1) is 19.9 Å². The lowest BCUT2D eigenvalue weighted by Gasteiger charge is -2.34. The van der Waals surface area contributed by atoms with Crippen molar-refractivity contribution in [1.82, 2.24) is 19.8 Å². The van der Waals surface area contributed by atoms with Crippen LogP contribution >= 0.6 is 11.8 Å². The number of likely N-dealkylation sites (N-methyl/N-ethyl adjacent to an activating group) is 1. The number of benzene rings is 3. The van der Waals surface area contributed by atoms with Crippen molar-refractivity contribution in [1.29, 1.82) is 0 Å². The number of nitrogens with zero attached hydrogens (tertiary/aromatic N) is 5. The molecule has 10 heteroatoms. The van der Waals surface area contributed by atoms with Gasteiger partial charge in [0.25, 0.3) is 5.91 Å². The molecule has 0 unspecified atom stereocenters. The Morgan fingerprint density at radius 1 is 0.822 bits per heavy atom. The molecule has 1 saturated heterocycles. The van der Waals surface area contributed by atoms with Crippen molar-refractivity contribution in [2.24, 2.45) is 0 Å². The minimum Gasteiger partial charge on any atom is -0.493 e. The van der Waals surface area contributed by atoms with Crippen LogP contribution < -0.4 is 14.4 Å². The van der Waals surface area contributed by atoms with Crippen molar-refractivity contribution < 1.29 is 19.1 Å². The first-order valence-corrected chi connectivity index (χ1v) is 16.0. The highest BCUT2D eigenvalue weighted by Crippen LogP contribution is 2.29. The van der Waals surface area contributed by atoms with E-state index in [1.807, 2.05) is 72.6 Å². The average Bonchev–Trinajstić information content (AvgIpc) is 3.09. The predicted molar refractivity (Wildman–Crippen MR) is 178 cm³/mol. The van der Waals surface area contributed by atoms with Crippen molar-refractivity contribution in [2.75, 3.05) is 58.9 Å². The predicted octanol–water partition coefficient (Wildman–Crippen LogP) is 5.44. The van der Waals surface area contributed by atoms with E-state index in [0.29, 0.717) is 54.2 Å². The van der Waals surface area contributed by atoms with E-state index < -0.39 is 0 Å². The van der Waals surface area contributed by atoms with Crippen molar-refractivity contribution in [3.8, 4) is 22.8 Å². The minimum absolute atomic E-state index is 0.00855. The number of hydrogen-bond acceptors (Lipinski definition) is 8. The average molecular weight is 626 g/mol. The number of anilines is 1. The van der Waals surface area contributed by atoms with Crippen LogP contribution in [0.4, 0.5) is 5.82 Å². The first kappa shape index (κ1) is 31.8. The van der Waals surface area contributed by atoms with Gasteiger partial charge in [0.2, 0.25) is 5.91 Å². The van der Waals surface area contributed by atoms with Gasteiger partial charge < -0.3 is 24.2 Å². The summed E-state index contributed by atoms with van der Waals surface area (Å²) < 4.78 is 10.9. The number of methoxy groups -OCH3 is 2. The number of thioether (sulfide) groups is 1. The summed E-state index contributed by atoms with van der Waals surface area (Å²) in [6.45, 7) is 4.53. The third-order valence-corrected chi connectivity index (χ3v) is 8.81. The molecule has 0 atom stereocenters. The highest BCUT2D eigenvalue weighted by Gasteiger charge is 2.23. The van der Waals surface area contributed by atoms with Gasteiger partial charge in [0, 0.05) is 69.6 Å². The van der Waals surface area contributed by atoms with Crippen molar-refractivity contribution in [2.45, 2.75) is 24.3 Å². The van der Waals surface area contributed by atoms with E-state index in [1.54, 1.807) is 37.8 Å². The maximum atomic E-state index is 13.2. The lowest BCUT2D eigenvalue weighted by molar-refractivity contribution is -0.130. The number of ether oxygens (including phenoxy) is 2. The molecule has 0 bridgehead atoms. The topological polar surface area (TPSA) is 88.1 Å². The maximum Gasteiger partial charge on any atom is 0.253 e. The number of aromatic nitrogens is 2. The van der Waals surface area contributed by atoms with Crippen LogP contribution in [-0.4, -0.2) is 85.6 Å². The Hall–Kier alpha value is -4.57. The molecule has 9 nitrogen and oxygen atoms in total. The van der Waals surface area contributed by atoms with Crippen molar-refractivity contribution >= 4 is 29.4 Å². The van der Waals surface area contributed by atoms with Gasteiger partial charge in [0.15, 0.2) is 16.7 Å². The summed E-state index contributed by atoms with van der Waals surface area (Å²) in [5, 5.41) is 0.668. The summed E-state index contributed by atoms with van der Waals surface area (Å²) in [5.41, 5.74) is 4.69. The monoisotopic (exact) mass is 625 g/mol. The Kier molecular flexibility index (Phi) is 10.6. The van der Waals surface area contributed by atoms with Crippen LogP contribution in [0.25, 0.3) is 11.3 Å². The Balaban J connectivity index is 1.30. The summed E-state index contributed by atoms with van der Waals surface area (Å²) >= 11 is 1.55. The number of carbonyl (C=O) groups excluding carboxylic acids is 2. The molecule has 0 spiro atoms. The minimum atomic E-state index is -0.00855. The smallest absolute Gasteiger partial charge is 0.253 e. The van der Waals surface area contributed by atoms with E-state index in [-0.39, 0.29) is 11.8 Å². The summed E-state index contributed by atoms with van der Waals surface area (Å²) in [4.78, 5) is 40.5. The van der Waals surface area contributed by atoms with Gasteiger partial charge in [-0.1, -0.05) is 60.3 Å². The third kappa shape index (κ3) is 8.13. The number of carbonyl (C=O) groups is 2. The van der Waals surface area contributed by atoms with Gasteiger partial charge in [0.1, 0.15) is 5.82 Å². The summed E-state index contributed by atoms with van der Waals surface area (Å²) in [7, 11) is 5.32. The first-order valence-electron chi connectivity index (χ1n) is 15.0. The van der Waals surface area contributed by atoms with Crippen LogP contribution in [0, 0.1) is 0 Å². The Morgan fingerprint density at radius 3 is 2.27 bits per heavy atom. The quantitative estimate of drug-likeness (QED) is 0.161. The van der Waals surface area contributed by atoms with Crippen LogP contribution in [0.3, 0.4) is 0 Å². The highest BCUT2D eigenvalue weighted by atomic mass is 32.2. The van der Waals surface area contributed by atoms with E-state index >= 15 is 0 Å². The SMILES string of the molecule is COc1ccc(CCN(C)c2cc(-c3ccccc3)nc(SCc3cccc(C(=O)N4CCN(C(C)=O)CC4)c3)n2)cc1OC.